The van der Waals surface area contributed by atoms with Crippen LogP contribution in [0.1, 0.15) is 10.4 Å². The number of methoxy groups -OCH3 is 3. The molecular weight excluding hydrogens is 365 g/mol. The van der Waals surface area contributed by atoms with Crippen LogP contribution < -0.4 is 24.1 Å². The molecule has 0 fully saturated rings. The van der Waals surface area contributed by atoms with Crippen molar-refractivity contribution in [1.29, 1.82) is 0 Å². The highest BCUT2D eigenvalue weighted by atomic mass is 31.2. The minimum Gasteiger partial charge on any atom is -0.497 e. The summed E-state index contributed by atoms with van der Waals surface area (Å²) in [5.41, 5.74) is 0.253. The normalized spacial score (nSPS) is 10.8. The summed E-state index contributed by atoms with van der Waals surface area (Å²) in [6.45, 7) is 0. The number of carbonyl (C=O) groups excluding carboxylic acids is 1. The lowest BCUT2D eigenvalue weighted by atomic mass is 10.1. The van der Waals surface area contributed by atoms with Crippen LogP contribution >= 0.6 is 7.82 Å². The Labute approximate surface area is 149 Å². The number of ether oxygens (including phenoxy) is 3. The molecule has 2 rings (SSSR count). The molecule has 26 heavy (non-hydrogen) atoms. The van der Waals surface area contributed by atoms with Crippen LogP contribution in [-0.4, -0.2) is 37.0 Å². The molecule has 0 radical (unpaired) electrons. The lowest BCUT2D eigenvalue weighted by molar-refractivity contribution is 0.102. The van der Waals surface area contributed by atoms with Gasteiger partial charge in [-0.3, -0.25) is 14.6 Å². The maximum Gasteiger partial charge on any atom is 0.524 e. The molecule has 0 heterocycles. The second-order valence-corrected chi connectivity index (χ2v) is 6.13. The van der Waals surface area contributed by atoms with E-state index in [0.717, 1.165) is 0 Å². The van der Waals surface area contributed by atoms with E-state index in [0.29, 0.717) is 11.4 Å². The number of benzene rings is 2. The summed E-state index contributed by atoms with van der Waals surface area (Å²) in [7, 11) is -0.740. The van der Waals surface area contributed by atoms with Gasteiger partial charge >= 0.3 is 7.82 Å². The third kappa shape index (κ3) is 4.89. The van der Waals surface area contributed by atoms with Crippen LogP contribution in [-0.2, 0) is 4.57 Å². The zero-order chi connectivity index (χ0) is 19.3. The lowest BCUT2D eigenvalue weighted by Crippen LogP contribution is -2.15. The summed E-state index contributed by atoms with van der Waals surface area (Å²) < 4.78 is 31.1. The number of carbonyl (C=O) groups is 1. The van der Waals surface area contributed by atoms with E-state index in [-0.39, 0.29) is 22.8 Å². The Morgan fingerprint density at radius 3 is 2.00 bits per heavy atom. The van der Waals surface area contributed by atoms with E-state index in [9.17, 15) is 9.36 Å². The maximum atomic E-state index is 12.7. The zero-order valence-corrected chi connectivity index (χ0v) is 15.1. The largest absolute Gasteiger partial charge is 0.524 e. The molecule has 3 N–H and O–H groups in total. The van der Waals surface area contributed by atoms with Crippen molar-refractivity contribution in [2.24, 2.45) is 0 Å². The molecule has 0 aliphatic heterocycles. The van der Waals surface area contributed by atoms with Crippen LogP contribution in [0.25, 0.3) is 0 Å². The van der Waals surface area contributed by atoms with Gasteiger partial charge in [0.1, 0.15) is 22.8 Å². The molecular formula is C16H18NO8P. The van der Waals surface area contributed by atoms with E-state index in [4.69, 9.17) is 24.0 Å². The van der Waals surface area contributed by atoms with E-state index in [1.807, 2.05) is 0 Å². The van der Waals surface area contributed by atoms with Gasteiger partial charge in [0, 0.05) is 17.8 Å². The fourth-order valence-electron chi connectivity index (χ4n) is 2.14. The Bertz CT molecular complexity index is 831. The molecule has 0 aliphatic rings. The molecule has 0 aromatic heterocycles. The average molecular weight is 383 g/mol. The minimum atomic E-state index is -4.92. The van der Waals surface area contributed by atoms with Gasteiger partial charge in [-0.1, -0.05) is 0 Å². The number of amides is 1. The van der Waals surface area contributed by atoms with Crippen molar-refractivity contribution in [2.45, 2.75) is 0 Å². The van der Waals surface area contributed by atoms with Gasteiger partial charge in [-0.2, -0.15) is 0 Å². The molecule has 0 saturated heterocycles. The van der Waals surface area contributed by atoms with Crippen molar-refractivity contribution in [1.82, 2.24) is 0 Å². The van der Waals surface area contributed by atoms with Crippen molar-refractivity contribution in [3.63, 3.8) is 0 Å². The predicted octanol–water partition coefficient (Wildman–Crippen LogP) is 2.44. The smallest absolute Gasteiger partial charge is 0.497 e. The molecule has 0 unspecified atom stereocenters. The Morgan fingerprint density at radius 2 is 1.50 bits per heavy atom. The first-order valence-corrected chi connectivity index (χ1v) is 8.77. The second-order valence-electron chi connectivity index (χ2n) is 4.97. The quantitative estimate of drug-likeness (QED) is 0.623. The Kier molecular flexibility index (Phi) is 6.10. The number of phosphoric ester groups is 1. The first-order chi connectivity index (χ1) is 12.3. The zero-order valence-electron chi connectivity index (χ0n) is 14.3. The molecule has 2 aromatic carbocycles. The summed E-state index contributed by atoms with van der Waals surface area (Å²) in [4.78, 5) is 30.9. The SMILES string of the molecule is COc1ccc(NC(=O)c2c(OC)cc(OC)cc2OP(=O)(O)O)cc1. The minimum absolute atomic E-state index is 0.0267. The van der Waals surface area contributed by atoms with Gasteiger partial charge in [0.2, 0.25) is 0 Å². The monoisotopic (exact) mass is 383 g/mol. The molecule has 1 amide bonds. The van der Waals surface area contributed by atoms with Crippen molar-refractivity contribution in [3.8, 4) is 23.0 Å². The van der Waals surface area contributed by atoms with E-state index in [1.54, 1.807) is 24.3 Å². The lowest BCUT2D eigenvalue weighted by Gasteiger charge is -2.16. The Balaban J connectivity index is 2.43. The molecule has 0 aliphatic carbocycles. The third-order valence-corrected chi connectivity index (χ3v) is 3.72. The third-order valence-electron chi connectivity index (χ3n) is 3.29. The number of hydrogen-bond donors (Lipinski definition) is 3. The van der Waals surface area contributed by atoms with Crippen LogP contribution in [0.2, 0.25) is 0 Å². The van der Waals surface area contributed by atoms with Crippen molar-refractivity contribution in [3.05, 3.63) is 42.0 Å². The number of phosphoric acid groups is 1. The van der Waals surface area contributed by atoms with Gasteiger partial charge in [-0.15, -0.1) is 0 Å². The van der Waals surface area contributed by atoms with E-state index >= 15 is 0 Å². The first-order valence-electron chi connectivity index (χ1n) is 7.24. The summed E-state index contributed by atoms with van der Waals surface area (Å²) >= 11 is 0. The molecule has 9 nitrogen and oxygen atoms in total. The predicted molar refractivity (Wildman–Crippen MR) is 93.2 cm³/mol. The number of nitrogens with one attached hydrogen (secondary N) is 1. The van der Waals surface area contributed by atoms with Crippen molar-refractivity contribution >= 4 is 19.4 Å². The van der Waals surface area contributed by atoms with Gasteiger partial charge in [0.15, 0.2) is 5.75 Å². The summed E-state index contributed by atoms with van der Waals surface area (Å²) in [6, 6.07) is 9.09. The molecule has 0 bridgehead atoms. The van der Waals surface area contributed by atoms with Crippen molar-refractivity contribution < 1.29 is 37.9 Å². The molecule has 0 saturated carbocycles. The topological polar surface area (TPSA) is 124 Å². The molecule has 10 heteroatoms. The van der Waals surface area contributed by atoms with Gasteiger partial charge in [-0.25, -0.2) is 4.57 Å². The Hall–Kier alpha value is -2.74. The summed E-state index contributed by atoms with van der Waals surface area (Å²) in [6.07, 6.45) is 0. The average Bonchev–Trinajstić information content (AvgIpc) is 2.60. The van der Waals surface area contributed by atoms with E-state index in [2.05, 4.69) is 9.84 Å². The highest BCUT2D eigenvalue weighted by molar-refractivity contribution is 7.46. The van der Waals surface area contributed by atoms with Gasteiger partial charge in [-0.05, 0) is 24.3 Å². The van der Waals surface area contributed by atoms with E-state index < -0.39 is 13.7 Å². The second kappa shape index (κ2) is 8.09. The summed E-state index contributed by atoms with van der Waals surface area (Å²) in [5.74, 6) is -0.223. The van der Waals surface area contributed by atoms with Crippen LogP contribution in [0.15, 0.2) is 36.4 Å². The van der Waals surface area contributed by atoms with Gasteiger partial charge in [0.25, 0.3) is 5.91 Å². The van der Waals surface area contributed by atoms with Crippen LogP contribution in [0.3, 0.4) is 0 Å². The van der Waals surface area contributed by atoms with E-state index in [1.165, 1.54) is 33.5 Å². The molecule has 2 aromatic rings. The highest BCUT2D eigenvalue weighted by Crippen LogP contribution is 2.43. The highest BCUT2D eigenvalue weighted by Gasteiger charge is 2.26. The van der Waals surface area contributed by atoms with Gasteiger partial charge < -0.3 is 24.1 Å². The van der Waals surface area contributed by atoms with Gasteiger partial charge in [0.05, 0.1) is 21.3 Å². The Morgan fingerprint density at radius 1 is 0.923 bits per heavy atom. The number of anilines is 1. The first kappa shape index (κ1) is 19.6. The fourth-order valence-corrected chi connectivity index (χ4v) is 2.54. The maximum absolute atomic E-state index is 12.7. The van der Waals surface area contributed by atoms with Crippen LogP contribution in [0.5, 0.6) is 23.0 Å². The van der Waals surface area contributed by atoms with Crippen LogP contribution in [0.4, 0.5) is 5.69 Å². The van der Waals surface area contributed by atoms with Crippen LogP contribution in [0, 0.1) is 0 Å². The standard InChI is InChI=1S/C16H18NO8P/c1-22-11-6-4-10(5-7-11)17-16(18)15-13(24-3)8-12(23-2)9-14(15)25-26(19,20)21/h4-9H,1-3H3,(H,17,18)(H2,19,20,21). The fraction of sp³-hybridized carbons (Fsp3) is 0.188. The summed E-state index contributed by atoms with van der Waals surface area (Å²) in [5, 5.41) is 2.60. The number of rotatable bonds is 7. The number of hydrogen-bond acceptors (Lipinski definition) is 6. The molecule has 140 valence electrons. The molecule has 0 atom stereocenters. The van der Waals surface area contributed by atoms with Crippen molar-refractivity contribution in [2.75, 3.05) is 26.6 Å². The molecule has 0 spiro atoms.